The molecule has 0 aromatic heterocycles. The molecule has 2 amide bonds. The number of aryl methyl sites for hydroxylation is 1. The van der Waals surface area contributed by atoms with Gasteiger partial charge in [-0.15, -0.1) is 0 Å². The highest BCUT2D eigenvalue weighted by molar-refractivity contribution is 5.89. The van der Waals surface area contributed by atoms with E-state index in [1.807, 2.05) is 31.2 Å². The zero-order valence-corrected chi connectivity index (χ0v) is 18.7. The second kappa shape index (κ2) is 12.6. The molecule has 0 saturated carbocycles. The number of amides is 2. The molecule has 0 aliphatic heterocycles. The molecule has 0 aliphatic carbocycles. The number of benzene rings is 2. The van der Waals surface area contributed by atoms with Crippen LogP contribution in [0.3, 0.4) is 0 Å². The van der Waals surface area contributed by atoms with Gasteiger partial charge in [0.25, 0.3) is 0 Å². The lowest BCUT2D eigenvalue weighted by molar-refractivity contribution is 0.130. The normalized spacial score (nSPS) is 10.6. The van der Waals surface area contributed by atoms with Crippen LogP contribution in [0, 0.1) is 6.92 Å². The number of ether oxygens (including phenoxy) is 3. The molecular weight excluding hydrogens is 396 g/mol. The van der Waals surface area contributed by atoms with Crippen molar-refractivity contribution < 1.29 is 23.8 Å². The Bertz CT molecular complexity index is 836. The maximum absolute atomic E-state index is 12.9. The van der Waals surface area contributed by atoms with Gasteiger partial charge in [-0.3, -0.25) is 10.2 Å². The average Bonchev–Trinajstić information content (AvgIpc) is 2.71. The number of carbonyl (C=O) groups is 2. The third kappa shape index (κ3) is 8.68. The summed E-state index contributed by atoms with van der Waals surface area (Å²) in [4.78, 5) is 26.3. The first-order valence-electron chi connectivity index (χ1n) is 10.6. The van der Waals surface area contributed by atoms with Gasteiger partial charge in [0.1, 0.15) is 5.75 Å². The Morgan fingerprint density at radius 3 is 2.48 bits per heavy atom. The Balaban J connectivity index is 2.07. The summed E-state index contributed by atoms with van der Waals surface area (Å²) in [6.07, 6.45) is 0.713. The molecule has 2 aromatic carbocycles. The molecule has 168 valence electrons. The van der Waals surface area contributed by atoms with Gasteiger partial charge in [-0.25, -0.2) is 9.59 Å². The molecule has 0 atom stereocenters. The molecule has 0 radical (unpaired) electrons. The number of carbonyl (C=O) groups excluding carboxylic acids is 2. The first-order chi connectivity index (χ1) is 14.9. The van der Waals surface area contributed by atoms with Crippen LogP contribution in [0.2, 0.25) is 0 Å². The Labute approximate surface area is 184 Å². The van der Waals surface area contributed by atoms with E-state index in [1.54, 1.807) is 43.0 Å². The lowest BCUT2D eigenvalue weighted by Gasteiger charge is -2.22. The SMILES string of the molecule is CCCCOCCN(C(=O)Oc1cccc(NC(=O)OC(C)C)c1)c1ccc(C)cc1. The van der Waals surface area contributed by atoms with Crippen molar-refractivity contribution in [2.45, 2.75) is 46.6 Å². The van der Waals surface area contributed by atoms with Crippen molar-refractivity contribution in [1.29, 1.82) is 0 Å². The summed E-state index contributed by atoms with van der Waals surface area (Å²) >= 11 is 0. The summed E-state index contributed by atoms with van der Waals surface area (Å²) in [6.45, 7) is 9.06. The first kappa shape index (κ1) is 24.2. The van der Waals surface area contributed by atoms with Gasteiger partial charge in [0, 0.05) is 24.0 Å². The van der Waals surface area contributed by atoms with Gasteiger partial charge in [0.05, 0.1) is 19.3 Å². The Hall–Kier alpha value is -3.06. The van der Waals surface area contributed by atoms with E-state index in [-0.39, 0.29) is 6.10 Å². The minimum atomic E-state index is -0.566. The fraction of sp³-hybridized carbons (Fsp3) is 0.417. The van der Waals surface area contributed by atoms with Gasteiger partial charge in [0.15, 0.2) is 0 Å². The van der Waals surface area contributed by atoms with Crippen LogP contribution in [0.1, 0.15) is 39.2 Å². The molecule has 0 spiro atoms. The van der Waals surface area contributed by atoms with Gasteiger partial charge < -0.3 is 14.2 Å². The molecule has 0 saturated heterocycles. The lowest BCUT2D eigenvalue weighted by Crippen LogP contribution is -2.36. The highest BCUT2D eigenvalue weighted by atomic mass is 16.6. The van der Waals surface area contributed by atoms with Gasteiger partial charge >= 0.3 is 12.2 Å². The second-order valence-electron chi connectivity index (χ2n) is 7.43. The Morgan fingerprint density at radius 1 is 1.06 bits per heavy atom. The van der Waals surface area contributed by atoms with Crippen LogP contribution in [-0.4, -0.2) is 38.0 Å². The smallest absolute Gasteiger partial charge is 0.419 e. The molecule has 0 unspecified atom stereocenters. The molecule has 0 fully saturated rings. The second-order valence-corrected chi connectivity index (χ2v) is 7.43. The zero-order valence-electron chi connectivity index (χ0n) is 18.7. The standard InChI is InChI=1S/C24H32N2O5/c1-5-6-15-29-16-14-26(21-12-10-19(4)11-13-21)24(28)31-22-9-7-8-20(17-22)25-23(27)30-18(2)3/h7-13,17-18H,5-6,14-16H2,1-4H3,(H,25,27). The maximum atomic E-state index is 12.9. The predicted molar refractivity (Wildman–Crippen MR) is 122 cm³/mol. The molecule has 7 nitrogen and oxygen atoms in total. The number of anilines is 2. The molecule has 0 bridgehead atoms. The molecule has 7 heteroatoms. The van der Waals surface area contributed by atoms with Crippen LogP contribution in [0.15, 0.2) is 48.5 Å². The van der Waals surface area contributed by atoms with Crippen LogP contribution in [0.5, 0.6) is 5.75 Å². The number of nitrogens with one attached hydrogen (secondary N) is 1. The fourth-order valence-electron chi connectivity index (χ4n) is 2.71. The van der Waals surface area contributed by atoms with E-state index in [0.717, 1.165) is 24.1 Å². The molecule has 0 heterocycles. The monoisotopic (exact) mass is 428 g/mol. The molecule has 2 rings (SSSR count). The van der Waals surface area contributed by atoms with Crippen molar-refractivity contribution in [3.8, 4) is 5.75 Å². The molecular formula is C24H32N2O5. The van der Waals surface area contributed by atoms with Crippen molar-refractivity contribution in [1.82, 2.24) is 0 Å². The van der Waals surface area contributed by atoms with Crippen molar-refractivity contribution in [3.05, 3.63) is 54.1 Å². The van der Waals surface area contributed by atoms with E-state index in [1.165, 1.54) is 0 Å². The van der Waals surface area contributed by atoms with E-state index < -0.39 is 12.2 Å². The summed E-state index contributed by atoms with van der Waals surface area (Å²) in [5.74, 6) is 0.316. The summed E-state index contributed by atoms with van der Waals surface area (Å²) in [5.41, 5.74) is 2.30. The van der Waals surface area contributed by atoms with Gasteiger partial charge in [0.2, 0.25) is 0 Å². The van der Waals surface area contributed by atoms with Crippen molar-refractivity contribution in [2.75, 3.05) is 30.0 Å². The average molecular weight is 429 g/mol. The van der Waals surface area contributed by atoms with E-state index in [9.17, 15) is 9.59 Å². The van der Waals surface area contributed by atoms with Crippen molar-refractivity contribution in [3.63, 3.8) is 0 Å². The van der Waals surface area contributed by atoms with E-state index in [2.05, 4.69) is 12.2 Å². The summed E-state index contributed by atoms with van der Waals surface area (Å²) in [6, 6.07) is 14.3. The highest BCUT2D eigenvalue weighted by Gasteiger charge is 2.18. The van der Waals surface area contributed by atoms with Crippen molar-refractivity contribution >= 4 is 23.6 Å². The maximum Gasteiger partial charge on any atom is 0.419 e. The Kier molecular flexibility index (Phi) is 9.84. The molecule has 1 N–H and O–H groups in total. The van der Waals surface area contributed by atoms with Gasteiger partial charge in [-0.05, 0) is 51.5 Å². The van der Waals surface area contributed by atoms with Crippen LogP contribution in [0.4, 0.5) is 21.0 Å². The van der Waals surface area contributed by atoms with Crippen LogP contribution in [-0.2, 0) is 9.47 Å². The number of unbranched alkanes of at least 4 members (excludes halogenated alkanes) is 1. The summed E-state index contributed by atoms with van der Waals surface area (Å²) < 4.78 is 16.3. The third-order valence-corrected chi connectivity index (χ3v) is 4.30. The van der Waals surface area contributed by atoms with Gasteiger partial charge in [-0.2, -0.15) is 0 Å². The van der Waals surface area contributed by atoms with E-state index in [4.69, 9.17) is 14.2 Å². The van der Waals surface area contributed by atoms with E-state index >= 15 is 0 Å². The molecule has 0 aliphatic rings. The summed E-state index contributed by atoms with van der Waals surface area (Å²) in [7, 11) is 0. The highest BCUT2D eigenvalue weighted by Crippen LogP contribution is 2.21. The quantitative estimate of drug-likeness (QED) is 0.486. The van der Waals surface area contributed by atoms with Crippen LogP contribution < -0.4 is 15.0 Å². The minimum absolute atomic E-state index is 0.233. The number of hydrogen-bond donors (Lipinski definition) is 1. The molecule has 2 aromatic rings. The number of rotatable bonds is 10. The predicted octanol–water partition coefficient (Wildman–Crippen LogP) is 5.77. The van der Waals surface area contributed by atoms with Gasteiger partial charge in [-0.1, -0.05) is 37.1 Å². The Morgan fingerprint density at radius 2 is 1.81 bits per heavy atom. The number of nitrogens with zero attached hydrogens (tertiary/aromatic N) is 1. The van der Waals surface area contributed by atoms with Crippen molar-refractivity contribution in [2.24, 2.45) is 0 Å². The minimum Gasteiger partial charge on any atom is -0.447 e. The topological polar surface area (TPSA) is 77.1 Å². The van der Waals surface area contributed by atoms with Crippen LogP contribution >= 0.6 is 0 Å². The zero-order chi connectivity index (χ0) is 22.6. The van der Waals surface area contributed by atoms with Crippen LogP contribution in [0.25, 0.3) is 0 Å². The summed E-state index contributed by atoms with van der Waals surface area (Å²) in [5, 5.41) is 2.62. The number of hydrogen-bond acceptors (Lipinski definition) is 5. The largest absolute Gasteiger partial charge is 0.447 e. The third-order valence-electron chi connectivity index (χ3n) is 4.30. The fourth-order valence-corrected chi connectivity index (χ4v) is 2.71. The first-order valence-corrected chi connectivity index (χ1v) is 10.6. The molecule has 31 heavy (non-hydrogen) atoms. The lowest BCUT2D eigenvalue weighted by atomic mass is 10.2. The van der Waals surface area contributed by atoms with E-state index in [0.29, 0.717) is 31.2 Å².